The molecule has 0 unspecified atom stereocenters. The van der Waals surface area contributed by atoms with Crippen molar-refractivity contribution in [2.75, 3.05) is 5.32 Å². The van der Waals surface area contributed by atoms with E-state index in [4.69, 9.17) is 9.15 Å². The zero-order valence-corrected chi connectivity index (χ0v) is 16.0. The smallest absolute Gasteiger partial charge is 0.363 e. The first-order valence-corrected chi connectivity index (χ1v) is 10.2. The molecule has 0 aliphatic heterocycles. The van der Waals surface area contributed by atoms with Crippen LogP contribution < -0.4 is 10.1 Å². The molecule has 0 spiro atoms. The summed E-state index contributed by atoms with van der Waals surface area (Å²) in [6, 6.07) is 10.3. The number of rotatable bonds is 5. The van der Waals surface area contributed by atoms with Crippen LogP contribution in [-0.4, -0.2) is 16.9 Å². The average molecular weight is 396 g/mol. The molecule has 2 heterocycles. The molecule has 1 aliphatic carbocycles. The van der Waals surface area contributed by atoms with Crippen LogP contribution in [0.4, 0.5) is 5.69 Å². The molecule has 7 heteroatoms. The molecule has 4 rings (SSSR count). The van der Waals surface area contributed by atoms with E-state index in [1.165, 1.54) is 17.8 Å². The van der Waals surface area contributed by atoms with E-state index in [1.807, 2.05) is 0 Å². The van der Waals surface area contributed by atoms with Crippen LogP contribution in [0.2, 0.25) is 0 Å². The topological polar surface area (TPSA) is 81.4 Å². The normalized spacial score (nSPS) is 14.6. The molecule has 1 amide bonds. The molecule has 0 bridgehead atoms. The van der Waals surface area contributed by atoms with E-state index in [-0.39, 0.29) is 17.5 Å². The molecule has 1 saturated carbocycles. The minimum Gasteiger partial charge on any atom is -0.462 e. The van der Waals surface area contributed by atoms with Crippen LogP contribution in [0.5, 0.6) is 5.75 Å². The van der Waals surface area contributed by atoms with E-state index in [0.717, 1.165) is 25.7 Å². The Morgan fingerprint density at radius 2 is 1.89 bits per heavy atom. The van der Waals surface area contributed by atoms with Gasteiger partial charge in [0.05, 0.1) is 6.26 Å². The van der Waals surface area contributed by atoms with Crippen molar-refractivity contribution >= 4 is 28.9 Å². The maximum atomic E-state index is 12.3. The Hall–Kier alpha value is -2.93. The Morgan fingerprint density at radius 3 is 2.61 bits per heavy atom. The first kappa shape index (κ1) is 18.4. The van der Waals surface area contributed by atoms with E-state index in [9.17, 15) is 9.59 Å². The van der Waals surface area contributed by atoms with Crippen LogP contribution in [0.3, 0.4) is 0 Å². The SMILES string of the molecule is O=C(Oc1ccc(NC(=O)C2CCCCC2)cc1)c1csc(-c2ccco2)n1. The number of anilines is 1. The first-order valence-electron chi connectivity index (χ1n) is 9.31. The highest BCUT2D eigenvalue weighted by atomic mass is 32.1. The average Bonchev–Trinajstić information content (AvgIpc) is 3.42. The van der Waals surface area contributed by atoms with Gasteiger partial charge in [0.1, 0.15) is 5.75 Å². The van der Waals surface area contributed by atoms with Gasteiger partial charge >= 0.3 is 5.97 Å². The van der Waals surface area contributed by atoms with E-state index in [1.54, 1.807) is 48.0 Å². The van der Waals surface area contributed by atoms with Gasteiger partial charge in [0.2, 0.25) is 5.91 Å². The van der Waals surface area contributed by atoms with Crippen LogP contribution in [0.25, 0.3) is 10.8 Å². The Labute approximate surface area is 166 Å². The van der Waals surface area contributed by atoms with Crippen LogP contribution >= 0.6 is 11.3 Å². The van der Waals surface area contributed by atoms with Crippen molar-refractivity contribution in [3.63, 3.8) is 0 Å². The van der Waals surface area contributed by atoms with E-state index in [2.05, 4.69) is 10.3 Å². The summed E-state index contributed by atoms with van der Waals surface area (Å²) < 4.78 is 10.7. The lowest BCUT2D eigenvalue weighted by molar-refractivity contribution is -0.120. The number of nitrogens with one attached hydrogen (secondary N) is 1. The predicted molar refractivity (Wildman–Crippen MR) is 106 cm³/mol. The third-order valence-corrected chi connectivity index (χ3v) is 5.61. The molecule has 0 atom stereocenters. The molecule has 3 aromatic rings. The lowest BCUT2D eigenvalue weighted by Gasteiger charge is -2.20. The van der Waals surface area contributed by atoms with Crippen molar-refractivity contribution in [2.24, 2.45) is 5.92 Å². The van der Waals surface area contributed by atoms with Crippen LogP contribution in [0.1, 0.15) is 42.6 Å². The van der Waals surface area contributed by atoms with Gasteiger partial charge in [0.15, 0.2) is 16.5 Å². The summed E-state index contributed by atoms with van der Waals surface area (Å²) in [7, 11) is 0. The number of furan rings is 1. The van der Waals surface area contributed by atoms with Crippen LogP contribution in [0, 0.1) is 5.92 Å². The van der Waals surface area contributed by atoms with Crippen molar-refractivity contribution < 1.29 is 18.7 Å². The Balaban J connectivity index is 1.35. The number of esters is 1. The van der Waals surface area contributed by atoms with Gasteiger partial charge in [-0.05, 0) is 49.2 Å². The number of nitrogens with zero attached hydrogens (tertiary/aromatic N) is 1. The highest BCUT2D eigenvalue weighted by Gasteiger charge is 2.21. The highest BCUT2D eigenvalue weighted by Crippen LogP contribution is 2.26. The summed E-state index contributed by atoms with van der Waals surface area (Å²) in [5.41, 5.74) is 0.926. The molecule has 6 nitrogen and oxygen atoms in total. The van der Waals surface area contributed by atoms with Crippen molar-refractivity contribution in [3.05, 3.63) is 53.7 Å². The molecule has 144 valence electrons. The number of amides is 1. The monoisotopic (exact) mass is 396 g/mol. The maximum absolute atomic E-state index is 12.3. The number of carbonyl (C=O) groups is 2. The zero-order chi connectivity index (χ0) is 19.3. The van der Waals surface area contributed by atoms with Gasteiger partial charge in [-0.15, -0.1) is 11.3 Å². The molecule has 1 aliphatic rings. The quantitative estimate of drug-likeness (QED) is 0.477. The third-order valence-electron chi connectivity index (χ3n) is 4.75. The summed E-state index contributed by atoms with van der Waals surface area (Å²) >= 11 is 1.32. The van der Waals surface area contributed by atoms with Gasteiger partial charge in [-0.1, -0.05) is 19.3 Å². The van der Waals surface area contributed by atoms with E-state index >= 15 is 0 Å². The molecule has 28 heavy (non-hydrogen) atoms. The molecule has 0 saturated heterocycles. The van der Waals surface area contributed by atoms with Crippen molar-refractivity contribution in [1.82, 2.24) is 4.98 Å². The second-order valence-electron chi connectivity index (χ2n) is 6.75. The number of hydrogen-bond acceptors (Lipinski definition) is 6. The number of hydrogen-bond donors (Lipinski definition) is 1. The number of benzene rings is 1. The fourth-order valence-electron chi connectivity index (χ4n) is 3.26. The maximum Gasteiger partial charge on any atom is 0.363 e. The molecule has 1 aromatic carbocycles. The summed E-state index contributed by atoms with van der Waals surface area (Å²) in [4.78, 5) is 28.8. The minimum atomic E-state index is -0.534. The van der Waals surface area contributed by atoms with Gasteiger partial charge in [0.25, 0.3) is 0 Å². The van der Waals surface area contributed by atoms with Crippen LogP contribution in [-0.2, 0) is 4.79 Å². The van der Waals surface area contributed by atoms with Gasteiger partial charge in [-0.2, -0.15) is 0 Å². The largest absolute Gasteiger partial charge is 0.462 e. The molecule has 2 aromatic heterocycles. The molecule has 1 fully saturated rings. The Kier molecular flexibility index (Phi) is 5.53. The summed E-state index contributed by atoms with van der Waals surface area (Å²) in [6.45, 7) is 0. The molecule has 0 radical (unpaired) electrons. The van der Waals surface area contributed by atoms with Gasteiger partial charge in [-0.25, -0.2) is 9.78 Å². The molecular weight excluding hydrogens is 376 g/mol. The number of thiazole rings is 1. The Morgan fingerprint density at radius 1 is 1.11 bits per heavy atom. The van der Waals surface area contributed by atoms with Crippen molar-refractivity contribution in [2.45, 2.75) is 32.1 Å². The van der Waals surface area contributed by atoms with Gasteiger partial charge in [0, 0.05) is 17.0 Å². The fourth-order valence-corrected chi connectivity index (χ4v) is 4.01. The zero-order valence-electron chi connectivity index (χ0n) is 15.2. The first-order chi connectivity index (χ1) is 13.7. The highest BCUT2D eigenvalue weighted by molar-refractivity contribution is 7.13. The van der Waals surface area contributed by atoms with Crippen LogP contribution in [0.15, 0.2) is 52.5 Å². The van der Waals surface area contributed by atoms with Gasteiger partial charge in [-0.3, -0.25) is 4.79 Å². The second kappa shape index (κ2) is 8.39. The lowest BCUT2D eigenvalue weighted by atomic mass is 9.88. The lowest BCUT2D eigenvalue weighted by Crippen LogP contribution is -2.24. The van der Waals surface area contributed by atoms with E-state index < -0.39 is 5.97 Å². The number of ether oxygens (including phenoxy) is 1. The Bertz CT molecular complexity index is 941. The summed E-state index contributed by atoms with van der Waals surface area (Å²) in [6.07, 6.45) is 6.91. The van der Waals surface area contributed by atoms with Gasteiger partial charge < -0.3 is 14.5 Å². The second-order valence-corrected chi connectivity index (χ2v) is 7.61. The van der Waals surface area contributed by atoms with E-state index in [0.29, 0.717) is 22.2 Å². The summed E-state index contributed by atoms with van der Waals surface area (Å²) in [5, 5.41) is 5.20. The number of aromatic nitrogens is 1. The third kappa shape index (κ3) is 4.31. The fraction of sp³-hybridized carbons (Fsp3) is 0.286. The minimum absolute atomic E-state index is 0.0670. The standard InChI is InChI=1S/C21H20N2O4S/c24-19(14-5-2-1-3-6-14)22-15-8-10-16(11-9-15)27-21(25)17-13-28-20(23-17)18-7-4-12-26-18/h4,7-14H,1-3,5-6H2,(H,22,24). The summed E-state index contributed by atoms with van der Waals surface area (Å²) in [5.74, 6) is 0.639. The number of carbonyl (C=O) groups excluding carboxylic acids is 2. The molecule has 1 N–H and O–H groups in total. The molecular formula is C21H20N2O4S. The predicted octanol–water partition coefficient (Wildman–Crippen LogP) is 5.14. The van der Waals surface area contributed by atoms with Crippen molar-refractivity contribution in [3.8, 4) is 16.5 Å². The van der Waals surface area contributed by atoms with Crippen molar-refractivity contribution in [1.29, 1.82) is 0 Å².